The van der Waals surface area contributed by atoms with Crippen LogP contribution >= 0.6 is 23.4 Å². The molecule has 2 aromatic carbocycles. The number of nitrogens with zero attached hydrogens (tertiary/aromatic N) is 1. The second kappa shape index (κ2) is 8.75. The fourth-order valence-corrected chi connectivity index (χ4v) is 4.15. The molecule has 25 heavy (non-hydrogen) atoms. The van der Waals surface area contributed by atoms with E-state index in [-0.39, 0.29) is 11.9 Å². The number of likely N-dealkylation sites (N-methyl/N-ethyl adjacent to an activating group) is 1. The molecule has 0 bridgehead atoms. The van der Waals surface area contributed by atoms with Crippen LogP contribution in [0.3, 0.4) is 0 Å². The van der Waals surface area contributed by atoms with Crippen LogP contribution in [0.25, 0.3) is 0 Å². The van der Waals surface area contributed by atoms with Gasteiger partial charge in [-0.05, 0) is 42.3 Å². The van der Waals surface area contributed by atoms with Crippen molar-refractivity contribution in [3.05, 3.63) is 70.2 Å². The van der Waals surface area contributed by atoms with Crippen LogP contribution in [0.1, 0.15) is 16.7 Å². The summed E-state index contributed by atoms with van der Waals surface area (Å²) in [5.74, 6) is 1.93. The number of nitrogens with one attached hydrogen (secondary N) is 1. The van der Waals surface area contributed by atoms with Gasteiger partial charge in [0.05, 0.1) is 6.04 Å². The zero-order valence-corrected chi connectivity index (χ0v) is 15.9. The third kappa shape index (κ3) is 5.00. The molecule has 1 heterocycles. The smallest absolute Gasteiger partial charge is 0.237 e. The average Bonchev–Trinajstić information content (AvgIpc) is 2.60. The molecule has 1 N–H and O–H groups in total. The van der Waals surface area contributed by atoms with Crippen LogP contribution in [0, 0.1) is 0 Å². The fraction of sp³-hybridized carbons (Fsp3) is 0.350. The SMILES string of the molecule is CN1Cc2ccccc2C[C@@H]1C(=O)NCCSCc1cccc(Cl)c1. The number of hydrogen-bond donors (Lipinski definition) is 1. The third-order valence-electron chi connectivity index (χ3n) is 4.49. The Morgan fingerprint density at radius 1 is 1.24 bits per heavy atom. The summed E-state index contributed by atoms with van der Waals surface area (Å²) in [5.41, 5.74) is 3.83. The van der Waals surface area contributed by atoms with Gasteiger partial charge in [-0.2, -0.15) is 11.8 Å². The summed E-state index contributed by atoms with van der Waals surface area (Å²) in [4.78, 5) is 14.7. The van der Waals surface area contributed by atoms with Gasteiger partial charge < -0.3 is 5.32 Å². The van der Waals surface area contributed by atoms with E-state index in [0.29, 0.717) is 6.54 Å². The highest BCUT2D eigenvalue weighted by molar-refractivity contribution is 7.98. The van der Waals surface area contributed by atoms with E-state index >= 15 is 0 Å². The van der Waals surface area contributed by atoms with E-state index in [1.165, 1.54) is 16.7 Å². The number of halogens is 1. The molecule has 3 nitrogen and oxygen atoms in total. The monoisotopic (exact) mass is 374 g/mol. The van der Waals surface area contributed by atoms with Gasteiger partial charge >= 0.3 is 0 Å². The molecule has 0 unspecified atom stereocenters. The topological polar surface area (TPSA) is 32.3 Å². The highest BCUT2D eigenvalue weighted by atomic mass is 35.5. The number of amides is 1. The Hall–Kier alpha value is -1.49. The van der Waals surface area contributed by atoms with E-state index in [0.717, 1.165) is 29.5 Å². The predicted octanol–water partition coefficient (Wildman–Crippen LogP) is 3.75. The van der Waals surface area contributed by atoms with Crippen molar-refractivity contribution in [3.8, 4) is 0 Å². The van der Waals surface area contributed by atoms with E-state index in [9.17, 15) is 4.79 Å². The van der Waals surface area contributed by atoms with Crippen molar-refractivity contribution in [2.75, 3.05) is 19.3 Å². The normalized spacial score (nSPS) is 17.1. The standard InChI is InChI=1S/C20H23ClN2OS/c1-23-13-17-7-3-2-6-16(17)12-19(23)20(24)22-9-10-25-14-15-5-4-8-18(21)11-15/h2-8,11,19H,9-10,12-14H2,1H3,(H,22,24)/t19-/m1/s1. The molecule has 0 fully saturated rings. The maximum Gasteiger partial charge on any atom is 0.237 e. The highest BCUT2D eigenvalue weighted by Crippen LogP contribution is 2.22. The van der Waals surface area contributed by atoms with Crippen molar-refractivity contribution < 1.29 is 4.79 Å². The number of thioether (sulfide) groups is 1. The van der Waals surface area contributed by atoms with E-state index in [1.807, 2.05) is 31.3 Å². The average molecular weight is 375 g/mol. The van der Waals surface area contributed by atoms with Crippen molar-refractivity contribution >= 4 is 29.3 Å². The summed E-state index contributed by atoms with van der Waals surface area (Å²) in [7, 11) is 2.02. The van der Waals surface area contributed by atoms with Gasteiger partial charge in [0.1, 0.15) is 0 Å². The number of carbonyl (C=O) groups excluding carboxylic acids is 1. The molecule has 0 aromatic heterocycles. The molecule has 1 aliphatic heterocycles. The summed E-state index contributed by atoms with van der Waals surface area (Å²) < 4.78 is 0. The zero-order valence-electron chi connectivity index (χ0n) is 14.4. The van der Waals surface area contributed by atoms with Crippen LogP contribution in [0.2, 0.25) is 5.02 Å². The minimum absolute atomic E-state index is 0.0761. The second-order valence-corrected chi connectivity index (χ2v) is 7.92. The molecule has 2 aromatic rings. The van der Waals surface area contributed by atoms with Crippen molar-refractivity contribution in [1.29, 1.82) is 0 Å². The lowest BCUT2D eigenvalue weighted by Gasteiger charge is -2.33. The predicted molar refractivity (Wildman–Crippen MR) is 106 cm³/mol. The molecule has 1 amide bonds. The first-order valence-electron chi connectivity index (χ1n) is 8.50. The third-order valence-corrected chi connectivity index (χ3v) is 5.75. The van der Waals surface area contributed by atoms with E-state index < -0.39 is 0 Å². The number of benzene rings is 2. The summed E-state index contributed by atoms with van der Waals surface area (Å²) in [6.07, 6.45) is 0.786. The van der Waals surface area contributed by atoms with Gasteiger partial charge in [0, 0.05) is 29.6 Å². The molecular formula is C20H23ClN2OS. The van der Waals surface area contributed by atoms with Crippen LogP contribution in [-0.2, 0) is 23.5 Å². The van der Waals surface area contributed by atoms with Crippen molar-refractivity contribution in [2.45, 2.75) is 24.8 Å². The van der Waals surface area contributed by atoms with Gasteiger partial charge in [0.2, 0.25) is 5.91 Å². The molecule has 1 aliphatic rings. The molecule has 3 rings (SSSR count). The molecule has 0 saturated carbocycles. The highest BCUT2D eigenvalue weighted by Gasteiger charge is 2.28. The Bertz CT molecular complexity index is 737. The van der Waals surface area contributed by atoms with E-state index in [4.69, 9.17) is 11.6 Å². The van der Waals surface area contributed by atoms with Gasteiger partial charge in [-0.15, -0.1) is 0 Å². The molecular weight excluding hydrogens is 352 g/mol. The Kier molecular flexibility index (Phi) is 6.40. The Morgan fingerprint density at radius 2 is 2.04 bits per heavy atom. The van der Waals surface area contributed by atoms with Gasteiger partial charge in [-0.3, -0.25) is 9.69 Å². The van der Waals surface area contributed by atoms with Gasteiger partial charge in [-0.25, -0.2) is 0 Å². The van der Waals surface area contributed by atoms with Gasteiger partial charge in [-0.1, -0.05) is 48.0 Å². The largest absolute Gasteiger partial charge is 0.354 e. The quantitative estimate of drug-likeness (QED) is 0.781. The molecule has 0 saturated heterocycles. The first-order chi connectivity index (χ1) is 12.1. The first-order valence-corrected chi connectivity index (χ1v) is 10.0. The minimum Gasteiger partial charge on any atom is -0.354 e. The lowest BCUT2D eigenvalue weighted by Crippen LogP contribution is -2.48. The summed E-state index contributed by atoms with van der Waals surface area (Å²) in [5, 5.41) is 3.85. The summed E-state index contributed by atoms with van der Waals surface area (Å²) in [6, 6.07) is 16.2. The molecule has 0 aliphatic carbocycles. The molecule has 132 valence electrons. The molecule has 5 heteroatoms. The summed E-state index contributed by atoms with van der Waals surface area (Å²) >= 11 is 7.80. The number of hydrogen-bond acceptors (Lipinski definition) is 3. The lowest BCUT2D eigenvalue weighted by molar-refractivity contribution is -0.126. The van der Waals surface area contributed by atoms with Crippen LogP contribution in [0.4, 0.5) is 0 Å². The van der Waals surface area contributed by atoms with Crippen LogP contribution < -0.4 is 5.32 Å². The lowest BCUT2D eigenvalue weighted by atomic mass is 9.94. The van der Waals surface area contributed by atoms with Gasteiger partial charge in [0.15, 0.2) is 0 Å². The zero-order chi connectivity index (χ0) is 17.6. The number of carbonyl (C=O) groups is 1. The maximum atomic E-state index is 12.5. The van der Waals surface area contributed by atoms with Crippen LogP contribution in [0.15, 0.2) is 48.5 Å². The minimum atomic E-state index is -0.0761. The van der Waals surface area contributed by atoms with Crippen molar-refractivity contribution in [1.82, 2.24) is 10.2 Å². The molecule has 0 radical (unpaired) electrons. The van der Waals surface area contributed by atoms with Crippen LogP contribution in [-0.4, -0.2) is 36.2 Å². The fourth-order valence-electron chi connectivity index (χ4n) is 3.13. The van der Waals surface area contributed by atoms with E-state index in [2.05, 4.69) is 34.5 Å². The van der Waals surface area contributed by atoms with Crippen molar-refractivity contribution in [2.24, 2.45) is 0 Å². The Balaban J connectivity index is 1.42. The maximum absolute atomic E-state index is 12.5. The molecule has 0 spiro atoms. The second-order valence-electron chi connectivity index (χ2n) is 6.38. The van der Waals surface area contributed by atoms with Crippen molar-refractivity contribution in [3.63, 3.8) is 0 Å². The number of rotatable bonds is 6. The molecule has 1 atom stereocenters. The van der Waals surface area contributed by atoms with Crippen LogP contribution in [0.5, 0.6) is 0 Å². The Labute approximate surface area is 158 Å². The first kappa shape index (κ1) is 18.3. The Morgan fingerprint density at radius 3 is 2.84 bits per heavy atom. The van der Waals surface area contributed by atoms with Gasteiger partial charge in [0.25, 0.3) is 0 Å². The summed E-state index contributed by atoms with van der Waals surface area (Å²) in [6.45, 7) is 1.52. The van der Waals surface area contributed by atoms with E-state index in [1.54, 1.807) is 11.8 Å². The number of fused-ring (bicyclic) bond motifs is 1.